The molecule has 0 saturated carbocycles. The van der Waals surface area contributed by atoms with E-state index in [0.717, 1.165) is 0 Å². The number of carbonyl (C=O) groups excluding carboxylic acids is 2. The average molecular weight is 278 g/mol. The molecule has 0 aliphatic carbocycles. The van der Waals surface area contributed by atoms with Crippen molar-refractivity contribution in [3.8, 4) is 11.5 Å². The van der Waals surface area contributed by atoms with Crippen molar-refractivity contribution < 1.29 is 19.1 Å². The van der Waals surface area contributed by atoms with E-state index in [-0.39, 0.29) is 11.8 Å². The molecule has 108 valence electrons. The molecule has 6 heteroatoms. The van der Waals surface area contributed by atoms with Gasteiger partial charge in [0, 0.05) is 25.6 Å². The normalized spacial score (nSPS) is 12.7. The summed E-state index contributed by atoms with van der Waals surface area (Å²) in [5.74, 6) is 1.04. The van der Waals surface area contributed by atoms with Gasteiger partial charge < -0.3 is 20.1 Å². The number of ether oxygens (including phenoxy) is 2. The minimum absolute atomic E-state index is 0.0665. The molecule has 1 heterocycles. The first-order chi connectivity index (χ1) is 9.66. The average Bonchev–Trinajstić information content (AvgIpc) is 2.46. The first-order valence-electron chi connectivity index (χ1n) is 6.59. The Balaban J connectivity index is 1.82. The van der Waals surface area contributed by atoms with E-state index in [1.165, 1.54) is 6.92 Å². The highest BCUT2D eigenvalue weighted by Gasteiger charge is 2.14. The van der Waals surface area contributed by atoms with Crippen LogP contribution < -0.4 is 20.1 Å². The van der Waals surface area contributed by atoms with Crippen LogP contribution in [0.15, 0.2) is 18.2 Å². The highest BCUT2D eigenvalue weighted by atomic mass is 16.6. The molecule has 0 saturated heterocycles. The topological polar surface area (TPSA) is 76.7 Å². The van der Waals surface area contributed by atoms with Crippen molar-refractivity contribution in [2.75, 3.05) is 26.3 Å². The highest BCUT2D eigenvalue weighted by molar-refractivity contribution is 5.94. The van der Waals surface area contributed by atoms with Crippen molar-refractivity contribution >= 4 is 11.8 Å². The predicted octanol–water partition coefficient (Wildman–Crippen LogP) is 0.714. The standard InChI is InChI=1S/C14H18N2O4/c1-10(17)15-5-2-6-16-14(18)11-3-4-12-13(9-11)20-8-7-19-12/h3-4,9H,2,5-8H2,1H3,(H,15,17)(H,16,18). The molecule has 1 aromatic carbocycles. The molecule has 1 aromatic rings. The van der Waals surface area contributed by atoms with Crippen molar-refractivity contribution in [3.05, 3.63) is 23.8 Å². The quantitative estimate of drug-likeness (QED) is 0.778. The van der Waals surface area contributed by atoms with Crippen LogP contribution in [0.5, 0.6) is 11.5 Å². The van der Waals surface area contributed by atoms with Gasteiger partial charge in [0.25, 0.3) is 5.91 Å². The summed E-state index contributed by atoms with van der Waals surface area (Å²) < 4.78 is 10.8. The van der Waals surface area contributed by atoms with E-state index in [1.54, 1.807) is 18.2 Å². The number of benzene rings is 1. The second-order valence-electron chi connectivity index (χ2n) is 4.45. The Bertz CT molecular complexity index is 502. The molecule has 1 aliphatic heterocycles. The van der Waals surface area contributed by atoms with Gasteiger partial charge in [-0.25, -0.2) is 0 Å². The van der Waals surface area contributed by atoms with E-state index in [2.05, 4.69) is 10.6 Å². The van der Waals surface area contributed by atoms with Gasteiger partial charge in [-0.15, -0.1) is 0 Å². The van der Waals surface area contributed by atoms with E-state index < -0.39 is 0 Å². The van der Waals surface area contributed by atoms with Crippen molar-refractivity contribution in [2.24, 2.45) is 0 Å². The fraction of sp³-hybridized carbons (Fsp3) is 0.429. The Labute approximate surface area is 117 Å². The first-order valence-corrected chi connectivity index (χ1v) is 6.59. The van der Waals surface area contributed by atoms with E-state index in [9.17, 15) is 9.59 Å². The third-order valence-electron chi connectivity index (χ3n) is 2.82. The number of hydrogen-bond donors (Lipinski definition) is 2. The van der Waals surface area contributed by atoms with Crippen LogP contribution in [-0.4, -0.2) is 38.1 Å². The Morgan fingerprint density at radius 2 is 1.80 bits per heavy atom. The molecule has 0 unspecified atom stereocenters. The summed E-state index contributed by atoms with van der Waals surface area (Å²) in [7, 11) is 0. The van der Waals surface area contributed by atoms with E-state index >= 15 is 0 Å². The number of hydrogen-bond acceptors (Lipinski definition) is 4. The van der Waals surface area contributed by atoms with E-state index in [0.29, 0.717) is 49.8 Å². The maximum Gasteiger partial charge on any atom is 0.251 e. The Kier molecular flexibility index (Phi) is 4.81. The fourth-order valence-electron chi connectivity index (χ4n) is 1.84. The van der Waals surface area contributed by atoms with Crippen molar-refractivity contribution in [2.45, 2.75) is 13.3 Å². The van der Waals surface area contributed by atoms with Gasteiger partial charge >= 0.3 is 0 Å². The Morgan fingerprint density at radius 1 is 1.10 bits per heavy atom. The monoisotopic (exact) mass is 278 g/mol. The van der Waals surface area contributed by atoms with Crippen LogP contribution in [0.3, 0.4) is 0 Å². The first kappa shape index (κ1) is 14.2. The lowest BCUT2D eigenvalue weighted by molar-refractivity contribution is -0.118. The zero-order valence-electron chi connectivity index (χ0n) is 11.4. The molecular formula is C14H18N2O4. The summed E-state index contributed by atoms with van der Waals surface area (Å²) in [4.78, 5) is 22.6. The summed E-state index contributed by atoms with van der Waals surface area (Å²) in [5.41, 5.74) is 0.536. The van der Waals surface area contributed by atoms with Crippen LogP contribution in [0.2, 0.25) is 0 Å². The number of rotatable bonds is 5. The molecule has 2 rings (SSSR count). The van der Waals surface area contributed by atoms with Crippen molar-refractivity contribution in [3.63, 3.8) is 0 Å². The Hall–Kier alpha value is -2.24. The van der Waals surface area contributed by atoms with Crippen LogP contribution in [-0.2, 0) is 4.79 Å². The van der Waals surface area contributed by atoms with Gasteiger partial charge in [0.1, 0.15) is 13.2 Å². The molecule has 0 aromatic heterocycles. The highest BCUT2D eigenvalue weighted by Crippen LogP contribution is 2.30. The largest absolute Gasteiger partial charge is 0.486 e. The third kappa shape index (κ3) is 3.88. The van der Waals surface area contributed by atoms with Gasteiger partial charge in [-0.05, 0) is 24.6 Å². The predicted molar refractivity (Wildman–Crippen MR) is 73.1 cm³/mol. The summed E-state index contributed by atoms with van der Waals surface area (Å²) in [6.07, 6.45) is 0.690. The maximum absolute atomic E-state index is 11.9. The summed E-state index contributed by atoms with van der Waals surface area (Å²) in [6.45, 7) is 3.55. The second-order valence-corrected chi connectivity index (χ2v) is 4.45. The van der Waals surface area contributed by atoms with Gasteiger partial charge in [-0.3, -0.25) is 9.59 Å². The number of fused-ring (bicyclic) bond motifs is 1. The molecule has 6 nitrogen and oxygen atoms in total. The van der Waals surface area contributed by atoms with Crippen molar-refractivity contribution in [1.29, 1.82) is 0 Å². The maximum atomic E-state index is 11.9. The smallest absolute Gasteiger partial charge is 0.251 e. The molecule has 0 radical (unpaired) electrons. The molecule has 20 heavy (non-hydrogen) atoms. The molecule has 0 atom stereocenters. The fourth-order valence-corrected chi connectivity index (χ4v) is 1.84. The second kappa shape index (κ2) is 6.79. The third-order valence-corrected chi connectivity index (χ3v) is 2.82. The van der Waals surface area contributed by atoms with Crippen LogP contribution in [0, 0.1) is 0 Å². The molecule has 0 bridgehead atoms. The summed E-state index contributed by atoms with van der Waals surface area (Å²) in [5, 5.41) is 5.47. The lowest BCUT2D eigenvalue weighted by Crippen LogP contribution is -2.28. The zero-order valence-corrected chi connectivity index (χ0v) is 11.4. The lowest BCUT2D eigenvalue weighted by Gasteiger charge is -2.18. The van der Waals surface area contributed by atoms with Gasteiger partial charge in [-0.2, -0.15) is 0 Å². The SMILES string of the molecule is CC(=O)NCCCNC(=O)c1ccc2c(c1)OCCO2. The van der Waals surface area contributed by atoms with Crippen LogP contribution >= 0.6 is 0 Å². The summed E-state index contributed by atoms with van der Waals surface area (Å²) in [6, 6.07) is 5.12. The number of carbonyl (C=O) groups is 2. The minimum atomic E-state index is -0.162. The van der Waals surface area contributed by atoms with Gasteiger partial charge in [0.05, 0.1) is 0 Å². The minimum Gasteiger partial charge on any atom is -0.486 e. The van der Waals surface area contributed by atoms with Crippen LogP contribution in [0.4, 0.5) is 0 Å². The van der Waals surface area contributed by atoms with Crippen molar-refractivity contribution in [1.82, 2.24) is 10.6 Å². The van der Waals surface area contributed by atoms with Crippen LogP contribution in [0.1, 0.15) is 23.7 Å². The van der Waals surface area contributed by atoms with Gasteiger partial charge in [-0.1, -0.05) is 0 Å². The molecule has 2 N–H and O–H groups in total. The molecule has 0 spiro atoms. The molecule has 2 amide bonds. The lowest BCUT2D eigenvalue weighted by atomic mass is 10.2. The van der Waals surface area contributed by atoms with Gasteiger partial charge in [0.2, 0.25) is 5.91 Å². The molecular weight excluding hydrogens is 260 g/mol. The number of amides is 2. The van der Waals surface area contributed by atoms with E-state index in [1.807, 2.05) is 0 Å². The number of nitrogens with one attached hydrogen (secondary N) is 2. The van der Waals surface area contributed by atoms with E-state index in [4.69, 9.17) is 9.47 Å². The zero-order chi connectivity index (χ0) is 14.4. The Morgan fingerprint density at radius 3 is 2.55 bits per heavy atom. The van der Waals surface area contributed by atoms with Crippen LogP contribution in [0.25, 0.3) is 0 Å². The summed E-state index contributed by atoms with van der Waals surface area (Å²) >= 11 is 0. The molecule has 0 fully saturated rings. The van der Waals surface area contributed by atoms with Gasteiger partial charge in [0.15, 0.2) is 11.5 Å². The molecule has 1 aliphatic rings.